The molecule has 0 radical (unpaired) electrons. The van der Waals surface area contributed by atoms with Crippen LogP contribution < -0.4 is 5.73 Å². The van der Waals surface area contributed by atoms with E-state index in [1.165, 1.54) is 6.07 Å². The summed E-state index contributed by atoms with van der Waals surface area (Å²) < 4.78 is 5.78. The van der Waals surface area contributed by atoms with Crippen LogP contribution in [0, 0.1) is 0 Å². The number of aryl methyl sites for hydroxylation is 1. The standard InChI is InChI=1S/C18H17NO3.ClH/c1-2-15-17(13-5-3-4-6-16(13)22-15)18(21)11-7-8-14(20)12(9-11)10-19;/h3-9,20H,2,10,19H2,1H3;1H. The number of hydrogen-bond acceptors (Lipinski definition) is 4. The van der Waals surface area contributed by atoms with E-state index in [1.807, 2.05) is 31.2 Å². The molecule has 2 aromatic carbocycles. The van der Waals surface area contributed by atoms with Gasteiger partial charge in [-0.25, -0.2) is 0 Å². The maximum Gasteiger partial charge on any atom is 0.197 e. The van der Waals surface area contributed by atoms with Gasteiger partial charge in [0.1, 0.15) is 17.1 Å². The first-order valence-corrected chi connectivity index (χ1v) is 7.22. The third-order valence-electron chi connectivity index (χ3n) is 3.78. The van der Waals surface area contributed by atoms with Gasteiger partial charge >= 0.3 is 0 Å². The monoisotopic (exact) mass is 331 g/mol. The Morgan fingerprint density at radius 2 is 1.96 bits per heavy atom. The lowest BCUT2D eigenvalue weighted by Gasteiger charge is -2.06. The fraction of sp³-hybridized carbons (Fsp3) is 0.167. The lowest BCUT2D eigenvalue weighted by molar-refractivity contribution is 0.103. The SMILES string of the molecule is CCc1oc2ccccc2c1C(=O)c1ccc(O)c(CN)c1.Cl. The zero-order chi connectivity index (χ0) is 15.7. The van der Waals surface area contributed by atoms with Crippen LogP contribution in [0.1, 0.15) is 34.2 Å². The number of phenolic OH excluding ortho intramolecular Hbond substituents is 1. The molecule has 4 nitrogen and oxygen atoms in total. The number of phenols is 1. The molecule has 1 aromatic heterocycles. The van der Waals surface area contributed by atoms with Gasteiger partial charge in [0.15, 0.2) is 5.78 Å². The molecule has 1 heterocycles. The summed E-state index contributed by atoms with van der Waals surface area (Å²) >= 11 is 0. The van der Waals surface area contributed by atoms with Crippen molar-refractivity contribution in [3.8, 4) is 5.75 Å². The van der Waals surface area contributed by atoms with Crippen LogP contribution in [0.25, 0.3) is 11.0 Å². The molecule has 0 aliphatic rings. The number of nitrogens with two attached hydrogens (primary N) is 1. The van der Waals surface area contributed by atoms with Gasteiger partial charge in [-0.1, -0.05) is 25.1 Å². The van der Waals surface area contributed by atoms with Gasteiger partial charge < -0.3 is 15.3 Å². The van der Waals surface area contributed by atoms with Gasteiger partial charge in [-0.3, -0.25) is 4.79 Å². The van der Waals surface area contributed by atoms with E-state index < -0.39 is 0 Å². The second-order valence-corrected chi connectivity index (χ2v) is 5.13. The molecule has 0 spiro atoms. The Morgan fingerprint density at radius 1 is 1.22 bits per heavy atom. The predicted molar refractivity (Wildman–Crippen MR) is 92.3 cm³/mol. The highest BCUT2D eigenvalue weighted by Gasteiger charge is 2.21. The summed E-state index contributed by atoms with van der Waals surface area (Å²) in [6.45, 7) is 2.14. The molecule has 0 aliphatic heterocycles. The molecule has 5 heteroatoms. The molecule has 0 aliphatic carbocycles. The molecule has 3 N–H and O–H groups in total. The van der Waals surface area contributed by atoms with Gasteiger partial charge in [0.05, 0.1) is 5.56 Å². The minimum absolute atomic E-state index is 0. The first kappa shape index (κ1) is 17.1. The van der Waals surface area contributed by atoms with E-state index in [4.69, 9.17) is 10.2 Å². The second kappa shape index (κ2) is 6.86. The molecule has 0 atom stereocenters. The number of halogens is 1. The number of ketones is 1. The number of rotatable bonds is 4. The van der Waals surface area contributed by atoms with Crippen molar-refractivity contribution in [1.82, 2.24) is 0 Å². The van der Waals surface area contributed by atoms with E-state index in [0.717, 1.165) is 5.39 Å². The maximum atomic E-state index is 12.9. The number of furan rings is 1. The summed E-state index contributed by atoms with van der Waals surface area (Å²) in [7, 11) is 0. The molecule has 0 saturated carbocycles. The Morgan fingerprint density at radius 3 is 2.65 bits per heavy atom. The van der Waals surface area contributed by atoms with Gasteiger partial charge in [0.25, 0.3) is 0 Å². The van der Waals surface area contributed by atoms with Crippen molar-refractivity contribution in [3.05, 3.63) is 64.9 Å². The molecule has 0 bridgehead atoms. The van der Waals surface area contributed by atoms with Gasteiger partial charge in [0.2, 0.25) is 0 Å². The van der Waals surface area contributed by atoms with Gasteiger partial charge in [-0.05, 0) is 24.3 Å². The first-order valence-electron chi connectivity index (χ1n) is 7.22. The summed E-state index contributed by atoms with van der Waals surface area (Å²) in [4.78, 5) is 12.9. The number of aromatic hydroxyl groups is 1. The molecule has 120 valence electrons. The molecule has 0 saturated heterocycles. The lowest BCUT2D eigenvalue weighted by Crippen LogP contribution is -2.05. The zero-order valence-corrected chi connectivity index (χ0v) is 13.5. The van der Waals surface area contributed by atoms with Crippen molar-refractivity contribution in [3.63, 3.8) is 0 Å². The minimum atomic E-state index is -0.114. The molecule has 0 unspecified atom stereocenters. The second-order valence-electron chi connectivity index (χ2n) is 5.13. The van der Waals surface area contributed by atoms with Crippen LogP contribution in [-0.4, -0.2) is 10.9 Å². The Bertz CT molecular complexity index is 855. The van der Waals surface area contributed by atoms with Crippen molar-refractivity contribution in [2.75, 3.05) is 0 Å². The number of para-hydroxylation sites is 1. The van der Waals surface area contributed by atoms with Crippen LogP contribution in [0.5, 0.6) is 5.75 Å². The Hall–Kier alpha value is -2.30. The van der Waals surface area contributed by atoms with E-state index >= 15 is 0 Å². The molecule has 0 fully saturated rings. The normalized spacial score (nSPS) is 10.5. The van der Waals surface area contributed by atoms with E-state index in [0.29, 0.717) is 34.5 Å². The van der Waals surface area contributed by atoms with Gasteiger partial charge in [0, 0.05) is 29.5 Å². The van der Waals surface area contributed by atoms with Crippen molar-refractivity contribution < 1.29 is 14.3 Å². The fourth-order valence-electron chi connectivity index (χ4n) is 2.63. The van der Waals surface area contributed by atoms with Crippen molar-refractivity contribution in [2.24, 2.45) is 5.73 Å². The minimum Gasteiger partial charge on any atom is -0.508 e. The average Bonchev–Trinajstić information content (AvgIpc) is 2.93. The Kier molecular flexibility index (Phi) is 5.08. The number of fused-ring (bicyclic) bond motifs is 1. The number of benzene rings is 2. The molecule has 3 aromatic rings. The fourth-order valence-corrected chi connectivity index (χ4v) is 2.63. The summed E-state index contributed by atoms with van der Waals surface area (Å²) in [5.41, 5.74) is 7.95. The van der Waals surface area contributed by atoms with E-state index in [-0.39, 0.29) is 30.5 Å². The van der Waals surface area contributed by atoms with Crippen LogP contribution in [-0.2, 0) is 13.0 Å². The van der Waals surface area contributed by atoms with Crippen molar-refractivity contribution in [2.45, 2.75) is 19.9 Å². The van der Waals surface area contributed by atoms with Crippen molar-refractivity contribution in [1.29, 1.82) is 0 Å². The quantitative estimate of drug-likeness (QED) is 0.713. The van der Waals surface area contributed by atoms with E-state index in [1.54, 1.807) is 12.1 Å². The van der Waals surface area contributed by atoms with E-state index in [9.17, 15) is 9.90 Å². The predicted octanol–water partition coefficient (Wildman–Crippen LogP) is 3.81. The summed E-state index contributed by atoms with van der Waals surface area (Å²) in [5.74, 6) is 0.664. The highest BCUT2D eigenvalue weighted by Crippen LogP contribution is 2.29. The smallest absolute Gasteiger partial charge is 0.197 e. The van der Waals surface area contributed by atoms with Crippen LogP contribution >= 0.6 is 12.4 Å². The van der Waals surface area contributed by atoms with Gasteiger partial charge in [-0.15, -0.1) is 12.4 Å². The average molecular weight is 332 g/mol. The molecular formula is C18H18ClNO3. The van der Waals surface area contributed by atoms with Crippen LogP contribution in [0.15, 0.2) is 46.9 Å². The summed E-state index contributed by atoms with van der Waals surface area (Å²) in [6, 6.07) is 12.3. The van der Waals surface area contributed by atoms with Crippen molar-refractivity contribution >= 4 is 29.2 Å². The van der Waals surface area contributed by atoms with Crippen LogP contribution in [0.2, 0.25) is 0 Å². The maximum absolute atomic E-state index is 12.9. The lowest BCUT2D eigenvalue weighted by atomic mass is 9.97. The number of hydrogen-bond donors (Lipinski definition) is 2. The highest BCUT2D eigenvalue weighted by atomic mass is 35.5. The summed E-state index contributed by atoms with van der Waals surface area (Å²) in [5, 5.41) is 10.5. The highest BCUT2D eigenvalue weighted by molar-refractivity contribution is 6.17. The molecule has 3 rings (SSSR count). The first-order chi connectivity index (χ1) is 10.7. The van der Waals surface area contributed by atoms with Crippen LogP contribution in [0.3, 0.4) is 0 Å². The van der Waals surface area contributed by atoms with Crippen LogP contribution in [0.4, 0.5) is 0 Å². The third-order valence-corrected chi connectivity index (χ3v) is 3.78. The third kappa shape index (κ3) is 2.96. The molecular weight excluding hydrogens is 314 g/mol. The molecule has 0 amide bonds. The van der Waals surface area contributed by atoms with E-state index in [2.05, 4.69) is 0 Å². The Balaban J connectivity index is 0.00000192. The Labute approximate surface area is 140 Å². The topological polar surface area (TPSA) is 76.5 Å². The molecule has 23 heavy (non-hydrogen) atoms. The zero-order valence-electron chi connectivity index (χ0n) is 12.7. The number of carbonyl (C=O) groups is 1. The largest absolute Gasteiger partial charge is 0.508 e. The number of carbonyl (C=O) groups excluding carboxylic acids is 1. The van der Waals surface area contributed by atoms with Gasteiger partial charge in [-0.2, -0.15) is 0 Å². The summed E-state index contributed by atoms with van der Waals surface area (Å²) in [6.07, 6.45) is 0.636.